The number of aromatic nitrogens is 2. The maximum atomic E-state index is 12.9. The topological polar surface area (TPSA) is 64.1 Å². The first kappa shape index (κ1) is 12.9. The van der Waals surface area contributed by atoms with E-state index in [2.05, 4.69) is 15.3 Å². The van der Waals surface area contributed by atoms with Crippen LogP contribution >= 0.6 is 0 Å². The number of rotatable bonds is 5. The molecule has 0 radical (unpaired) electrons. The van der Waals surface area contributed by atoms with Crippen LogP contribution in [0.4, 0.5) is 4.39 Å². The van der Waals surface area contributed by atoms with Crippen molar-refractivity contribution in [1.82, 2.24) is 15.3 Å². The molecule has 2 rings (SSSR count). The average Bonchev–Trinajstić information content (AvgIpc) is 2.44. The van der Waals surface area contributed by atoms with Gasteiger partial charge in [0.25, 0.3) is 5.91 Å². The Morgan fingerprint density at radius 2 is 2.26 bits per heavy atom. The molecule has 0 aliphatic rings. The highest BCUT2D eigenvalue weighted by atomic mass is 19.1. The molecule has 1 N–H and O–H groups in total. The Balaban J connectivity index is 1.74. The summed E-state index contributed by atoms with van der Waals surface area (Å²) in [4.78, 5) is 19.2. The van der Waals surface area contributed by atoms with Gasteiger partial charge >= 0.3 is 0 Å². The lowest BCUT2D eigenvalue weighted by Crippen LogP contribution is -2.28. The van der Waals surface area contributed by atoms with Gasteiger partial charge in [0.1, 0.15) is 23.9 Å². The zero-order chi connectivity index (χ0) is 13.5. The summed E-state index contributed by atoms with van der Waals surface area (Å²) in [6.07, 6.45) is 4.31. The Morgan fingerprint density at radius 1 is 1.37 bits per heavy atom. The van der Waals surface area contributed by atoms with E-state index in [-0.39, 0.29) is 24.0 Å². The molecule has 0 aliphatic carbocycles. The quantitative estimate of drug-likeness (QED) is 0.827. The zero-order valence-corrected chi connectivity index (χ0v) is 10.0. The van der Waals surface area contributed by atoms with Gasteiger partial charge in [-0.1, -0.05) is 6.07 Å². The number of amides is 1. The van der Waals surface area contributed by atoms with Crippen molar-refractivity contribution < 1.29 is 13.9 Å². The van der Waals surface area contributed by atoms with Gasteiger partial charge in [-0.3, -0.25) is 9.78 Å². The molecule has 1 amide bonds. The lowest BCUT2D eigenvalue weighted by atomic mass is 10.3. The Morgan fingerprint density at radius 3 is 3.00 bits per heavy atom. The largest absolute Gasteiger partial charge is 0.492 e. The van der Waals surface area contributed by atoms with Gasteiger partial charge in [0.2, 0.25) is 0 Å². The Hall–Kier alpha value is -2.50. The van der Waals surface area contributed by atoms with E-state index >= 15 is 0 Å². The van der Waals surface area contributed by atoms with Crippen LogP contribution in [0, 0.1) is 5.82 Å². The molecule has 0 aliphatic heterocycles. The zero-order valence-electron chi connectivity index (χ0n) is 10.0. The van der Waals surface area contributed by atoms with Crippen molar-refractivity contribution in [2.45, 2.75) is 0 Å². The van der Waals surface area contributed by atoms with Gasteiger partial charge in [0, 0.05) is 18.5 Å². The van der Waals surface area contributed by atoms with E-state index in [1.54, 1.807) is 12.1 Å². The molecule has 0 saturated heterocycles. The van der Waals surface area contributed by atoms with Gasteiger partial charge in [-0.2, -0.15) is 0 Å². The van der Waals surface area contributed by atoms with Crippen LogP contribution in [-0.2, 0) is 0 Å². The highest BCUT2D eigenvalue weighted by Crippen LogP contribution is 2.11. The lowest BCUT2D eigenvalue weighted by molar-refractivity contribution is 0.0941. The molecule has 0 bridgehead atoms. The normalized spacial score (nSPS) is 9.95. The summed E-state index contributed by atoms with van der Waals surface area (Å²) < 4.78 is 18.1. The summed E-state index contributed by atoms with van der Waals surface area (Å²) in [5.74, 6) is -0.259. The minimum Gasteiger partial charge on any atom is -0.492 e. The molecule has 1 aromatic heterocycles. The molecule has 98 valence electrons. The van der Waals surface area contributed by atoms with Gasteiger partial charge in [-0.25, -0.2) is 9.37 Å². The molecule has 0 fully saturated rings. The lowest BCUT2D eigenvalue weighted by Gasteiger charge is -2.07. The summed E-state index contributed by atoms with van der Waals surface area (Å²) >= 11 is 0. The number of halogens is 1. The Bertz CT molecular complexity index is 549. The number of hydrogen-bond donors (Lipinski definition) is 1. The number of nitrogens with zero attached hydrogens (tertiary/aromatic N) is 2. The van der Waals surface area contributed by atoms with Crippen molar-refractivity contribution in [3.05, 3.63) is 54.4 Å². The van der Waals surface area contributed by atoms with E-state index in [4.69, 9.17) is 4.74 Å². The number of nitrogens with one attached hydrogen (secondary N) is 1. The third kappa shape index (κ3) is 4.02. The average molecular weight is 261 g/mol. The summed E-state index contributed by atoms with van der Waals surface area (Å²) in [7, 11) is 0. The minimum absolute atomic E-state index is 0.244. The van der Waals surface area contributed by atoms with Crippen molar-refractivity contribution in [2.75, 3.05) is 13.2 Å². The smallest absolute Gasteiger partial charge is 0.271 e. The maximum absolute atomic E-state index is 12.9. The van der Waals surface area contributed by atoms with Crippen molar-refractivity contribution >= 4 is 5.91 Å². The highest BCUT2D eigenvalue weighted by molar-refractivity contribution is 5.91. The van der Waals surface area contributed by atoms with Crippen molar-refractivity contribution in [2.24, 2.45) is 0 Å². The fourth-order valence-corrected chi connectivity index (χ4v) is 1.40. The van der Waals surface area contributed by atoms with Crippen LogP contribution in [0.25, 0.3) is 0 Å². The third-order valence-corrected chi connectivity index (χ3v) is 2.25. The van der Waals surface area contributed by atoms with Gasteiger partial charge in [-0.15, -0.1) is 0 Å². The van der Waals surface area contributed by atoms with E-state index in [1.807, 2.05) is 0 Å². The highest BCUT2D eigenvalue weighted by Gasteiger charge is 2.05. The third-order valence-electron chi connectivity index (χ3n) is 2.25. The second-order valence-electron chi connectivity index (χ2n) is 3.65. The predicted molar refractivity (Wildman–Crippen MR) is 66.3 cm³/mol. The Kier molecular flexibility index (Phi) is 4.39. The van der Waals surface area contributed by atoms with E-state index in [9.17, 15) is 9.18 Å². The molecule has 6 heteroatoms. The first-order valence-corrected chi connectivity index (χ1v) is 5.68. The number of carbonyl (C=O) groups excluding carboxylic acids is 1. The second-order valence-corrected chi connectivity index (χ2v) is 3.65. The fourth-order valence-electron chi connectivity index (χ4n) is 1.40. The first-order valence-electron chi connectivity index (χ1n) is 5.68. The SMILES string of the molecule is O=C(NCCOc1cccc(F)c1)c1cnccn1. The monoisotopic (exact) mass is 261 g/mol. The first-order chi connectivity index (χ1) is 9.25. The van der Waals surface area contributed by atoms with E-state index in [1.165, 1.54) is 30.7 Å². The van der Waals surface area contributed by atoms with E-state index < -0.39 is 0 Å². The van der Waals surface area contributed by atoms with Crippen LogP contribution in [0.3, 0.4) is 0 Å². The van der Waals surface area contributed by atoms with Gasteiger partial charge in [-0.05, 0) is 12.1 Å². The summed E-state index contributed by atoms with van der Waals surface area (Å²) in [6, 6.07) is 5.82. The van der Waals surface area contributed by atoms with Crippen molar-refractivity contribution in [3.8, 4) is 5.75 Å². The molecule has 0 saturated carbocycles. The summed E-state index contributed by atoms with van der Waals surface area (Å²) in [5.41, 5.74) is 0.244. The number of benzene rings is 1. The molecule has 2 aromatic rings. The van der Waals surface area contributed by atoms with E-state index in [0.29, 0.717) is 12.3 Å². The molecule has 0 unspecified atom stereocenters. The summed E-state index contributed by atoms with van der Waals surface area (Å²) in [6.45, 7) is 0.543. The Labute approximate surface area is 109 Å². The molecule has 0 atom stereocenters. The molecule has 19 heavy (non-hydrogen) atoms. The van der Waals surface area contributed by atoms with Crippen molar-refractivity contribution in [1.29, 1.82) is 0 Å². The van der Waals surface area contributed by atoms with Crippen LogP contribution in [0.5, 0.6) is 5.75 Å². The van der Waals surface area contributed by atoms with Crippen LogP contribution in [0.15, 0.2) is 42.9 Å². The van der Waals surface area contributed by atoms with Crippen LogP contribution in [0.2, 0.25) is 0 Å². The molecule has 1 heterocycles. The van der Waals surface area contributed by atoms with Crippen LogP contribution in [-0.4, -0.2) is 29.0 Å². The molecule has 0 spiro atoms. The second kappa shape index (κ2) is 6.44. The number of ether oxygens (including phenoxy) is 1. The minimum atomic E-state index is -0.360. The van der Waals surface area contributed by atoms with Crippen LogP contribution in [0.1, 0.15) is 10.5 Å². The molecular formula is C13H12FN3O2. The van der Waals surface area contributed by atoms with Gasteiger partial charge in [0.15, 0.2) is 0 Å². The van der Waals surface area contributed by atoms with Crippen LogP contribution < -0.4 is 10.1 Å². The molecular weight excluding hydrogens is 249 g/mol. The summed E-state index contributed by atoms with van der Waals surface area (Å²) in [5, 5.41) is 2.62. The van der Waals surface area contributed by atoms with Gasteiger partial charge < -0.3 is 10.1 Å². The van der Waals surface area contributed by atoms with E-state index in [0.717, 1.165) is 0 Å². The maximum Gasteiger partial charge on any atom is 0.271 e. The number of carbonyl (C=O) groups is 1. The predicted octanol–water partition coefficient (Wildman–Crippen LogP) is 1.42. The standard InChI is InChI=1S/C13H12FN3O2/c14-10-2-1-3-11(8-10)19-7-6-17-13(18)12-9-15-4-5-16-12/h1-5,8-9H,6-7H2,(H,17,18). The molecule has 1 aromatic carbocycles. The number of hydrogen-bond acceptors (Lipinski definition) is 4. The fraction of sp³-hybridized carbons (Fsp3) is 0.154. The van der Waals surface area contributed by atoms with Gasteiger partial charge in [0.05, 0.1) is 12.7 Å². The van der Waals surface area contributed by atoms with Crippen molar-refractivity contribution in [3.63, 3.8) is 0 Å². The molecule has 5 nitrogen and oxygen atoms in total.